The number of ether oxygens (including phenoxy) is 1. The standard InChI is InChI=1S/C16H23N3O4/c1-17-15(21)14-5-3-2-4-13(14)12-23-16(22)19-8-6-18(7-9-19)10-11-20/h2-5,20H,6-12H2,1H3,(H,17,21). The van der Waals surface area contributed by atoms with Crippen LogP contribution >= 0.6 is 0 Å². The molecule has 23 heavy (non-hydrogen) atoms. The number of benzene rings is 1. The van der Waals surface area contributed by atoms with Crippen LogP contribution < -0.4 is 5.32 Å². The van der Waals surface area contributed by atoms with Crippen LogP contribution in [0.1, 0.15) is 15.9 Å². The Morgan fingerprint density at radius 2 is 1.91 bits per heavy atom. The highest BCUT2D eigenvalue weighted by atomic mass is 16.6. The highest BCUT2D eigenvalue weighted by Crippen LogP contribution is 2.12. The van der Waals surface area contributed by atoms with Crippen molar-refractivity contribution < 1.29 is 19.4 Å². The number of β-amino-alcohol motifs (C(OH)–C–C–N with tert-alkyl or cyclic N) is 1. The molecule has 0 saturated carbocycles. The molecule has 1 aliphatic rings. The van der Waals surface area contributed by atoms with Crippen LogP contribution in [0.4, 0.5) is 4.79 Å². The Morgan fingerprint density at radius 3 is 2.57 bits per heavy atom. The molecule has 0 spiro atoms. The van der Waals surface area contributed by atoms with Crippen LogP contribution in [0.5, 0.6) is 0 Å². The van der Waals surface area contributed by atoms with Gasteiger partial charge in [0.25, 0.3) is 5.91 Å². The minimum atomic E-state index is -0.375. The number of piperazine rings is 1. The SMILES string of the molecule is CNC(=O)c1ccccc1COC(=O)N1CCN(CCO)CC1. The number of hydrogen-bond donors (Lipinski definition) is 2. The van der Waals surface area contributed by atoms with Crippen molar-refractivity contribution in [2.75, 3.05) is 46.4 Å². The van der Waals surface area contributed by atoms with Gasteiger partial charge in [0.05, 0.1) is 6.61 Å². The maximum atomic E-state index is 12.1. The van der Waals surface area contributed by atoms with Crippen LogP contribution in [0.15, 0.2) is 24.3 Å². The topological polar surface area (TPSA) is 82.1 Å². The number of hydrogen-bond acceptors (Lipinski definition) is 5. The van der Waals surface area contributed by atoms with E-state index in [1.165, 1.54) is 0 Å². The Bertz CT molecular complexity index is 542. The summed E-state index contributed by atoms with van der Waals surface area (Å²) < 4.78 is 5.34. The lowest BCUT2D eigenvalue weighted by molar-refractivity contribution is 0.0669. The van der Waals surface area contributed by atoms with Gasteiger partial charge in [-0.05, 0) is 6.07 Å². The van der Waals surface area contributed by atoms with Crippen molar-refractivity contribution in [2.24, 2.45) is 0 Å². The van der Waals surface area contributed by atoms with E-state index in [0.29, 0.717) is 30.8 Å². The first-order valence-corrected chi connectivity index (χ1v) is 7.70. The molecule has 2 amide bonds. The number of aliphatic hydroxyl groups is 1. The quantitative estimate of drug-likeness (QED) is 0.815. The lowest BCUT2D eigenvalue weighted by atomic mass is 10.1. The number of nitrogens with one attached hydrogen (secondary N) is 1. The molecule has 2 rings (SSSR count). The summed E-state index contributed by atoms with van der Waals surface area (Å²) in [6, 6.07) is 7.06. The Morgan fingerprint density at radius 1 is 1.22 bits per heavy atom. The van der Waals surface area contributed by atoms with Crippen molar-refractivity contribution in [3.63, 3.8) is 0 Å². The fourth-order valence-electron chi connectivity index (χ4n) is 2.53. The zero-order valence-corrected chi connectivity index (χ0v) is 13.3. The first kappa shape index (κ1) is 17.2. The third-order valence-corrected chi connectivity index (χ3v) is 3.89. The molecule has 1 heterocycles. The molecule has 1 aromatic carbocycles. The van der Waals surface area contributed by atoms with E-state index < -0.39 is 0 Å². The van der Waals surface area contributed by atoms with E-state index >= 15 is 0 Å². The molecule has 7 heteroatoms. The van der Waals surface area contributed by atoms with Crippen molar-refractivity contribution in [1.82, 2.24) is 15.1 Å². The van der Waals surface area contributed by atoms with Crippen molar-refractivity contribution in [3.8, 4) is 0 Å². The fourth-order valence-corrected chi connectivity index (χ4v) is 2.53. The highest BCUT2D eigenvalue weighted by Gasteiger charge is 2.22. The normalized spacial score (nSPS) is 15.3. The highest BCUT2D eigenvalue weighted by molar-refractivity contribution is 5.95. The number of aliphatic hydroxyl groups excluding tert-OH is 1. The van der Waals surface area contributed by atoms with E-state index in [4.69, 9.17) is 9.84 Å². The molecular formula is C16H23N3O4. The van der Waals surface area contributed by atoms with Gasteiger partial charge < -0.3 is 20.1 Å². The van der Waals surface area contributed by atoms with Crippen LogP contribution in [0, 0.1) is 0 Å². The summed E-state index contributed by atoms with van der Waals surface area (Å²) in [6.45, 7) is 3.43. The predicted molar refractivity (Wildman–Crippen MR) is 85.1 cm³/mol. The van der Waals surface area contributed by atoms with E-state index in [1.54, 1.807) is 30.1 Å². The molecule has 7 nitrogen and oxygen atoms in total. The van der Waals surface area contributed by atoms with Crippen molar-refractivity contribution >= 4 is 12.0 Å². The second kappa shape index (κ2) is 8.50. The van der Waals surface area contributed by atoms with Gasteiger partial charge >= 0.3 is 6.09 Å². The number of nitrogens with zero attached hydrogens (tertiary/aromatic N) is 2. The largest absolute Gasteiger partial charge is 0.445 e. The smallest absolute Gasteiger partial charge is 0.410 e. The number of carbonyl (C=O) groups excluding carboxylic acids is 2. The Labute approximate surface area is 135 Å². The predicted octanol–water partition coefficient (Wildman–Crippen LogP) is 0.293. The molecule has 0 aromatic heterocycles. The zero-order chi connectivity index (χ0) is 16.7. The van der Waals surface area contributed by atoms with E-state index in [1.807, 2.05) is 6.07 Å². The van der Waals surface area contributed by atoms with Crippen molar-refractivity contribution in [1.29, 1.82) is 0 Å². The minimum Gasteiger partial charge on any atom is -0.445 e. The molecule has 1 aromatic rings. The van der Waals surface area contributed by atoms with E-state index in [-0.39, 0.29) is 25.2 Å². The number of amides is 2. The van der Waals surface area contributed by atoms with Crippen molar-refractivity contribution in [2.45, 2.75) is 6.61 Å². The Balaban J connectivity index is 1.87. The van der Waals surface area contributed by atoms with E-state index in [9.17, 15) is 9.59 Å². The monoisotopic (exact) mass is 321 g/mol. The zero-order valence-electron chi connectivity index (χ0n) is 13.3. The summed E-state index contributed by atoms with van der Waals surface area (Å²) in [5.74, 6) is -0.200. The first-order valence-electron chi connectivity index (χ1n) is 7.70. The molecule has 0 bridgehead atoms. The van der Waals surface area contributed by atoms with Gasteiger partial charge in [-0.2, -0.15) is 0 Å². The van der Waals surface area contributed by atoms with Crippen LogP contribution in [0.2, 0.25) is 0 Å². The lowest BCUT2D eigenvalue weighted by Gasteiger charge is -2.33. The summed E-state index contributed by atoms with van der Waals surface area (Å²) in [4.78, 5) is 27.7. The molecule has 1 saturated heterocycles. The van der Waals surface area contributed by atoms with Crippen LogP contribution in [-0.4, -0.2) is 73.3 Å². The van der Waals surface area contributed by atoms with Gasteiger partial charge in [0.15, 0.2) is 0 Å². The summed E-state index contributed by atoms with van der Waals surface area (Å²) >= 11 is 0. The molecule has 0 aliphatic carbocycles. The van der Waals surface area contributed by atoms with Gasteiger partial charge in [0.2, 0.25) is 0 Å². The summed E-state index contributed by atoms with van der Waals surface area (Å²) in [7, 11) is 1.57. The average molecular weight is 321 g/mol. The molecule has 2 N–H and O–H groups in total. The number of rotatable bonds is 5. The second-order valence-electron chi connectivity index (χ2n) is 5.34. The molecule has 0 atom stereocenters. The molecule has 1 aliphatic heterocycles. The van der Waals surface area contributed by atoms with Gasteiger partial charge in [-0.15, -0.1) is 0 Å². The minimum absolute atomic E-state index is 0.0687. The Hall–Kier alpha value is -2.12. The molecule has 0 radical (unpaired) electrons. The first-order chi connectivity index (χ1) is 11.2. The van der Waals surface area contributed by atoms with Crippen molar-refractivity contribution in [3.05, 3.63) is 35.4 Å². The lowest BCUT2D eigenvalue weighted by Crippen LogP contribution is -2.49. The van der Waals surface area contributed by atoms with Crippen LogP contribution in [0.25, 0.3) is 0 Å². The third-order valence-electron chi connectivity index (χ3n) is 3.89. The fraction of sp³-hybridized carbons (Fsp3) is 0.500. The summed E-state index contributed by atoms with van der Waals surface area (Å²) in [5, 5.41) is 11.5. The Kier molecular flexibility index (Phi) is 6.37. The maximum absolute atomic E-state index is 12.1. The van der Waals surface area contributed by atoms with Gasteiger partial charge in [0.1, 0.15) is 6.61 Å². The van der Waals surface area contributed by atoms with Gasteiger partial charge in [-0.3, -0.25) is 9.69 Å². The summed E-state index contributed by atoms with van der Waals surface area (Å²) in [6.07, 6.45) is -0.375. The molecule has 1 fully saturated rings. The second-order valence-corrected chi connectivity index (χ2v) is 5.34. The van der Waals surface area contributed by atoms with Crippen LogP contribution in [-0.2, 0) is 11.3 Å². The average Bonchev–Trinajstić information content (AvgIpc) is 2.60. The van der Waals surface area contributed by atoms with E-state index in [2.05, 4.69) is 10.2 Å². The van der Waals surface area contributed by atoms with Gasteiger partial charge in [-0.1, -0.05) is 18.2 Å². The molecular weight excluding hydrogens is 298 g/mol. The number of carbonyl (C=O) groups is 2. The molecule has 0 unspecified atom stereocenters. The van der Waals surface area contributed by atoms with Crippen LogP contribution in [0.3, 0.4) is 0 Å². The van der Waals surface area contributed by atoms with Gasteiger partial charge in [0, 0.05) is 50.9 Å². The third kappa shape index (κ3) is 4.67. The van der Waals surface area contributed by atoms with E-state index in [0.717, 1.165) is 13.1 Å². The van der Waals surface area contributed by atoms with Gasteiger partial charge in [-0.25, -0.2) is 4.79 Å². The maximum Gasteiger partial charge on any atom is 0.410 e. The molecule has 126 valence electrons. The summed E-state index contributed by atoms with van der Waals surface area (Å²) in [5.41, 5.74) is 1.19.